The Morgan fingerprint density at radius 3 is 3.00 bits per heavy atom. The van der Waals surface area contributed by atoms with Gasteiger partial charge in [-0.1, -0.05) is 29.7 Å². The molecule has 102 valence electrons. The third-order valence-corrected chi connectivity index (χ3v) is 4.45. The van der Waals surface area contributed by atoms with Crippen molar-refractivity contribution in [2.45, 2.75) is 43.9 Å². The summed E-state index contributed by atoms with van der Waals surface area (Å²) in [5.41, 5.74) is 3.90. The maximum atomic E-state index is 6.30. The Morgan fingerprint density at radius 1 is 1.21 bits per heavy atom. The molecule has 1 unspecified atom stereocenters. The normalized spacial score (nSPS) is 22.4. The number of rotatable bonds is 2. The fourth-order valence-corrected chi connectivity index (χ4v) is 3.58. The lowest BCUT2D eigenvalue weighted by Gasteiger charge is -2.11. The molecule has 0 radical (unpaired) electrons. The van der Waals surface area contributed by atoms with E-state index in [4.69, 9.17) is 27.9 Å². The van der Waals surface area contributed by atoms with Gasteiger partial charge < -0.3 is 4.74 Å². The number of hydrogen-bond acceptors (Lipinski definition) is 1. The molecule has 1 aliphatic carbocycles. The predicted octanol–water partition coefficient (Wildman–Crippen LogP) is 4.93. The molecule has 0 amide bonds. The van der Waals surface area contributed by atoms with Gasteiger partial charge in [0.2, 0.25) is 0 Å². The Morgan fingerprint density at radius 2 is 2.11 bits per heavy atom. The van der Waals surface area contributed by atoms with Gasteiger partial charge in [-0.3, -0.25) is 0 Å². The highest BCUT2D eigenvalue weighted by Gasteiger charge is 2.19. The zero-order valence-electron chi connectivity index (χ0n) is 10.9. The van der Waals surface area contributed by atoms with Crippen molar-refractivity contribution in [3.63, 3.8) is 0 Å². The largest absolute Gasteiger partial charge is 0.493 e. The van der Waals surface area contributed by atoms with Crippen molar-refractivity contribution in [2.24, 2.45) is 0 Å². The molecule has 3 rings (SSSR count). The fraction of sp³-hybridized carbons (Fsp3) is 0.500. The van der Waals surface area contributed by atoms with Gasteiger partial charge in [0.1, 0.15) is 5.75 Å². The first kappa shape index (κ1) is 13.3. The monoisotopic (exact) mass is 296 g/mol. The van der Waals surface area contributed by atoms with Crippen LogP contribution in [-0.4, -0.2) is 12.0 Å². The summed E-state index contributed by atoms with van der Waals surface area (Å²) in [4.78, 5) is 0. The second-order valence-corrected chi connectivity index (χ2v) is 6.41. The standard InChI is InChI=1S/C16H18Cl2O/c17-14-4-2-1-3-11(8-14)7-13-10-15(18)9-12-5-6-19-16(12)13/h8-10,14H,1-7H2. The van der Waals surface area contributed by atoms with Crippen molar-refractivity contribution < 1.29 is 4.74 Å². The first-order valence-corrected chi connectivity index (χ1v) is 7.81. The molecule has 0 bridgehead atoms. The van der Waals surface area contributed by atoms with Crippen molar-refractivity contribution in [1.29, 1.82) is 0 Å². The van der Waals surface area contributed by atoms with Crippen LogP contribution in [0.15, 0.2) is 23.8 Å². The molecule has 1 heterocycles. The molecule has 0 fully saturated rings. The van der Waals surface area contributed by atoms with Crippen molar-refractivity contribution in [3.05, 3.63) is 39.9 Å². The van der Waals surface area contributed by atoms with Gasteiger partial charge in [0.05, 0.1) is 12.0 Å². The van der Waals surface area contributed by atoms with Crippen LogP contribution in [0.3, 0.4) is 0 Å². The summed E-state index contributed by atoms with van der Waals surface area (Å²) in [5.74, 6) is 1.06. The summed E-state index contributed by atoms with van der Waals surface area (Å²) < 4.78 is 5.77. The van der Waals surface area contributed by atoms with Crippen molar-refractivity contribution >= 4 is 23.2 Å². The maximum absolute atomic E-state index is 6.30. The second kappa shape index (κ2) is 5.76. The lowest BCUT2D eigenvalue weighted by molar-refractivity contribution is 0.354. The number of hydrogen-bond donors (Lipinski definition) is 0. The quantitative estimate of drug-likeness (QED) is 0.556. The van der Waals surface area contributed by atoms with Gasteiger partial charge in [-0.05, 0) is 48.9 Å². The van der Waals surface area contributed by atoms with E-state index in [1.54, 1.807) is 0 Å². The molecule has 0 N–H and O–H groups in total. The molecule has 19 heavy (non-hydrogen) atoms. The summed E-state index contributed by atoms with van der Waals surface area (Å²) in [7, 11) is 0. The zero-order valence-corrected chi connectivity index (χ0v) is 12.4. The van der Waals surface area contributed by atoms with Crippen LogP contribution in [0.5, 0.6) is 5.75 Å². The third-order valence-electron chi connectivity index (χ3n) is 3.89. The SMILES string of the molecule is Clc1cc2c(c(CC3=CC(Cl)CCCC3)c1)OCC2. The molecule has 1 aromatic rings. The molecule has 0 saturated carbocycles. The van der Waals surface area contributed by atoms with Crippen LogP contribution < -0.4 is 4.74 Å². The molecule has 1 atom stereocenters. The van der Waals surface area contributed by atoms with Gasteiger partial charge in [0.15, 0.2) is 0 Å². The number of alkyl halides is 1. The lowest BCUT2D eigenvalue weighted by atomic mass is 9.98. The van der Waals surface area contributed by atoms with Crippen LogP contribution >= 0.6 is 23.2 Å². The summed E-state index contributed by atoms with van der Waals surface area (Å²) in [5, 5.41) is 1.00. The Hall–Kier alpha value is -0.660. The molecule has 0 aromatic heterocycles. The third kappa shape index (κ3) is 3.09. The Kier molecular flexibility index (Phi) is 4.04. The predicted molar refractivity (Wildman–Crippen MR) is 80.5 cm³/mol. The van der Waals surface area contributed by atoms with E-state index in [9.17, 15) is 0 Å². The summed E-state index contributed by atoms with van der Waals surface area (Å²) in [6, 6.07) is 4.07. The van der Waals surface area contributed by atoms with E-state index in [2.05, 4.69) is 6.08 Å². The molecule has 1 aliphatic heterocycles. The molecule has 1 nitrogen and oxygen atoms in total. The van der Waals surface area contributed by atoms with E-state index in [-0.39, 0.29) is 5.38 Å². The van der Waals surface area contributed by atoms with E-state index in [0.29, 0.717) is 0 Å². The average molecular weight is 297 g/mol. The molecule has 1 aromatic carbocycles. The first-order valence-electron chi connectivity index (χ1n) is 7.00. The van der Waals surface area contributed by atoms with Crippen LogP contribution in [-0.2, 0) is 12.8 Å². The highest BCUT2D eigenvalue weighted by molar-refractivity contribution is 6.30. The van der Waals surface area contributed by atoms with E-state index in [1.807, 2.05) is 12.1 Å². The minimum atomic E-state index is 0.186. The number of halogens is 2. The van der Waals surface area contributed by atoms with E-state index >= 15 is 0 Å². The summed E-state index contributed by atoms with van der Waals surface area (Å²) in [6.07, 6.45) is 8.82. The number of fused-ring (bicyclic) bond motifs is 1. The first-order chi connectivity index (χ1) is 9.22. The smallest absolute Gasteiger partial charge is 0.126 e. The van der Waals surface area contributed by atoms with Gasteiger partial charge in [0, 0.05) is 11.4 Å². The van der Waals surface area contributed by atoms with Crippen molar-refractivity contribution in [2.75, 3.05) is 6.61 Å². The van der Waals surface area contributed by atoms with Crippen molar-refractivity contribution in [1.82, 2.24) is 0 Å². The molecule has 2 aliphatic rings. The van der Waals surface area contributed by atoms with Gasteiger partial charge in [-0.25, -0.2) is 0 Å². The van der Waals surface area contributed by atoms with Gasteiger partial charge in [0.25, 0.3) is 0 Å². The van der Waals surface area contributed by atoms with Crippen LogP contribution in [0.4, 0.5) is 0 Å². The van der Waals surface area contributed by atoms with Crippen LogP contribution in [0.1, 0.15) is 36.8 Å². The molecule has 0 spiro atoms. The van der Waals surface area contributed by atoms with Gasteiger partial charge >= 0.3 is 0 Å². The summed E-state index contributed by atoms with van der Waals surface area (Å²) >= 11 is 12.5. The Bertz CT molecular complexity index is 508. The second-order valence-electron chi connectivity index (χ2n) is 5.42. The summed E-state index contributed by atoms with van der Waals surface area (Å²) in [6.45, 7) is 0.778. The number of allylic oxidation sites excluding steroid dienone is 2. The zero-order chi connectivity index (χ0) is 13.2. The topological polar surface area (TPSA) is 9.23 Å². The van der Waals surface area contributed by atoms with E-state index in [1.165, 1.54) is 29.5 Å². The highest BCUT2D eigenvalue weighted by atomic mass is 35.5. The van der Waals surface area contributed by atoms with Crippen LogP contribution in [0, 0.1) is 0 Å². The van der Waals surface area contributed by atoms with Crippen molar-refractivity contribution in [3.8, 4) is 5.75 Å². The highest BCUT2D eigenvalue weighted by Crippen LogP contribution is 2.35. The molecular formula is C16H18Cl2O. The molecule has 0 saturated heterocycles. The minimum absolute atomic E-state index is 0.186. The average Bonchev–Trinajstić information content (AvgIpc) is 2.73. The minimum Gasteiger partial charge on any atom is -0.493 e. The van der Waals surface area contributed by atoms with Crippen LogP contribution in [0.2, 0.25) is 5.02 Å². The fourth-order valence-electron chi connectivity index (χ4n) is 2.98. The molecular weight excluding hydrogens is 279 g/mol. The van der Waals surface area contributed by atoms with E-state index < -0.39 is 0 Å². The Labute approximate surface area is 124 Å². The molecule has 3 heteroatoms. The number of ether oxygens (including phenoxy) is 1. The van der Waals surface area contributed by atoms with Gasteiger partial charge in [-0.2, -0.15) is 0 Å². The van der Waals surface area contributed by atoms with E-state index in [0.717, 1.165) is 43.1 Å². The van der Waals surface area contributed by atoms with Gasteiger partial charge in [-0.15, -0.1) is 11.6 Å². The maximum Gasteiger partial charge on any atom is 0.126 e. The lowest BCUT2D eigenvalue weighted by Crippen LogP contribution is -1.97. The number of benzene rings is 1. The van der Waals surface area contributed by atoms with Crippen LogP contribution in [0.25, 0.3) is 0 Å². The Balaban J connectivity index is 1.87.